The molecule has 0 amide bonds. The van der Waals surface area contributed by atoms with Gasteiger partial charge < -0.3 is 4.98 Å². The summed E-state index contributed by atoms with van der Waals surface area (Å²) in [5.41, 5.74) is 4.94. The number of benzene rings is 1. The topological polar surface area (TPSA) is 28.7 Å². The molecule has 2 heteroatoms. The molecule has 1 aromatic carbocycles. The van der Waals surface area contributed by atoms with Crippen LogP contribution in [0.25, 0.3) is 27.4 Å². The molecule has 1 aliphatic rings. The van der Waals surface area contributed by atoms with E-state index in [1.165, 1.54) is 46.6 Å². The highest BCUT2D eigenvalue weighted by atomic mass is 14.8. The summed E-state index contributed by atoms with van der Waals surface area (Å²) in [6.45, 7) is 0. The maximum Gasteiger partial charge on any atom is 0.0899 e. The van der Waals surface area contributed by atoms with Crippen LogP contribution in [-0.2, 0) is 0 Å². The Balaban J connectivity index is 2.03. The highest BCUT2D eigenvalue weighted by Crippen LogP contribution is 2.33. The third kappa shape index (κ3) is 1.67. The molecule has 0 saturated carbocycles. The number of rotatable bonds is 1. The van der Waals surface area contributed by atoms with Gasteiger partial charge in [0.25, 0.3) is 0 Å². The maximum atomic E-state index is 4.63. The fourth-order valence-electron chi connectivity index (χ4n) is 3.07. The molecule has 0 fully saturated rings. The van der Waals surface area contributed by atoms with E-state index in [4.69, 9.17) is 0 Å². The van der Waals surface area contributed by atoms with E-state index >= 15 is 0 Å². The van der Waals surface area contributed by atoms with E-state index in [1.807, 2.05) is 6.20 Å². The molecule has 0 atom stereocenters. The lowest BCUT2D eigenvalue weighted by Gasteiger charge is -2.12. The van der Waals surface area contributed by atoms with Crippen LogP contribution in [0.2, 0.25) is 0 Å². The average molecular weight is 248 g/mol. The minimum Gasteiger partial charge on any atom is -0.353 e. The third-order valence-corrected chi connectivity index (χ3v) is 4.02. The number of hydrogen-bond acceptors (Lipinski definition) is 1. The van der Waals surface area contributed by atoms with Crippen LogP contribution in [0.3, 0.4) is 0 Å². The Morgan fingerprint density at radius 3 is 2.84 bits per heavy atom. The molecule has 1 aliphatic carbocycles. The molecule has 4 rings (SSSR count). The number of fused-ring (bicyclic) bond motifs is 3. The van der Waals surface area contributed by atoms with Gasteiger partial charge in [-0.25, -0.2) is 0 Å². The molecule has 0 spiro atoms. The number of aromatic nitrogens is 2. The van der Waals surface area contributed by atoms with Crippen LogP contribution < -0.4 is 0 Å². The fraction of sp³-hybridized carbons (Fsp3) is 0.235. The number of para-hydroxylation sites is 1. The molecule has 0 bridgehead atoms. The van der Waals surface area contributed by atoms with Crippen molar-refractivity contribution in [3.05, 3.63) is 48.3 Å². The van der Waals surface area contributed by atoms with E-state index in [1.54, 1.807) is 0 Å². The van der Waals surface area contributed by atoms with Crippen molar-refractivity contribution >= 4 is 27.4 Å². The van der Waals surface area contributed by atoms with Crippen molar-refractivity contribution in [3.8, 4) is 0 Å². The highest BCUT2D eigenvalue weighted by Gasteiger charge is 2.13. The van der Waals surface area contributed by atoms with Gasteiger partial charge in [0.2, 0.25) is 0 Å². The van der Waals surface area contributed by atoms with Crippen LogP contribution in [0.1, 0.15) is 31.4 Å². The van der Waals surface area contributed by atoms with Gasteiger partial charge in [-0.3, -0.25) is 4.98 Å². The van der Waals surface area contributed by atoms with Crippen molar-refractivity contribution in [3.63, 3.8) is 0 Å². The van der Waals surface area contributed by atoms with E-state index in [0.717, 1.165) is 12.1 Å². The SMILES string of the molecule is C1=C(c2nccc3c2[nH]c2ccccc23)CCCC1. The molecule has 2 heterocycles. The van der Waals surface area contributed by atoms with Crippen molar-refractivity contribution in [1.29, 1.82) is 0 Å². The van der Waals surface area contributed by atoms with Crippen molar-refractivity contribution in [1.82, 2.24) is 9.97 Å². The number of nitrogens with zero attached hydrogens (tertiary/aromatic N) is 1. The maximum absolute atomic E-state index is 4.63. The Morgan fingerprint density at radius 1 is 1.00 bits per heavy atom. The average Bonchev–Trinajstić information content (AvgIpc) is 2.87. The first kappa shape index (κ1) is 10.8. The third-order valence-electron chi connectivity index (χ3n) is 4.02. The first-order valence-corrected chi connectivity index (χ1v) is 6.98. The summed E-state index contributed by atoms with van der Waals surface area (Å²) < 4.78 is 0. The van der Waals surface area contributed by atoms with Gasteiger partial charge in [-0.05, 0) is 43.4 Å². The lowest BCUT2D eigenvalue weighted by molar-refractivity contribution is 0.740. The van der Waals surface area contributed by atoms with Crippen LogP contribution in [0.4, 0.5) is 0 Å². The molecule has 1 N–H and O–H groups in total. The normalized spacial score (nSPS) is 15.9. The largest absolute Gasteiger partial charge is 0.353 e. The number of allylic oxidation sites excluding steroid dienone is 2. The van der Waals surface area contributed by atoms with Gasteiger partial charge in [-0.1, -0.05) is 24.3 Å². The van der Waals surface area contributed by atoms with Gasteiger partial charge in [0.05, 0.1) is 11.2 Å². The van der Waals surface area contributed by atoms with Gasteiger partial charge in [-0.2, -0.15) is 0 Å². The molecule has 2 aromatic heterocycles. The molecular formula is C17H16N2. The fourth-order valence-corrected chi connectivity index (χ4v) is 3.07. The molecule has 94 valence electrons. The Kier molecular flexibility index (Phi) is 2.41. The summed E-state index contributed by atoms with van der Waals surface area (Å²) in [6, 6.07) is 10.6. The molecule has 0 radical (unpaired) electrons. The summed E-state index contributed by atoms with van der Waals surface area (Å²) in [4.78, 5) is 8.17. The predicted molar refractivity (Wildman–Crippen MR) is 80.0 cm³/mol. The van der Waals surface area contributed by atoms with Gasteiger partial charge in [-0.15, -0.1) is 0 Å². The van der Waals surface area contributed by atoms with E-state index in [0.29, 0.717) is 0 Å². The monoisotopic (exact) mass is 248 g/mol. The second-order valence-corrected chi connectivity index (χ2v) is 5.23. The quantitative estimate of drug-likeness (QED) is 0.666. The predicted octanol–water partition coefficient (Wildman–Crippen LogP) is 4.67. The number of H-pyrrole nitrogens is 1. The van der Waals surface area contributed by atoms with E-state index in [2.05, 4.69) is 46.4 Å². The van der Waals surface area contributed by atoms with Crippen LogP contribution in [0.15, 0.2) is 42.6 Å². The highest BCUT2D eigenvalue weighted by molar-refractivity contribution is 6.09. The zero-order valence-electron chi connectivity index (χ0n) is 10.8. The minimum absolute atomic E-state index is 1.15. The molecule has 2 nitrogen and oxygen atoms in total. The van der Waals surface area contributed by atoms with Gasteiger partial charge >= 0.3 is 0 Å². The molecule has 0 aliphatic heterocycles. The Bertz CT molecular complexity index is 780. The number of aromatic amines is 1. The van der Waals surface area contributed by atoms with Gasteiger partial charge in [0.1, 0.15) is 0 Å². The molecule has 3 aromatic rings. The zero-order chi connectivity index (χ0) is 12.7. The van der Waals surface area contributed by atoms with Crippen LogP contribution in [-0.4, -0.2) is 9.97 Å². The first-order valence-electron chi connectivity index (χ1n) is 6.98. The second-order valence-electron chi connectivity index (χ2n) is 5.23. The summed E-state index contributed by atoms with van der Waals surface area (Å²) in [6.07, 6.45) is 9.23. The van der Waals surface area contributed by atoms with Crippen LogP contribution >= 0.6 is 0 Å². The molecule has 0 unspecified atom stereocenters. The standard InChI is InChI=1S/C17H16N2/c1-2-6-12(7-3-1)16-17-14(10-11-18-16)13-8-4-5-9-15(13)19-17/h4-6,8-11,19H,1-3,7H2. The molecular weight excluding hydrogens is 232 g/mol. The molecule has 0 saturated heterocycles. The Labute approximate surface area is 112 Å². The second kappa shape index (κ2) is 4.23. The van der Waals surface area contributed by atoms with Gasteiger partial charge in [0.15, 0.2) is 0 Å². The van der Waals surface area contributed by atoms with Crippen LogP contribution in [0, 0.1) is 0 Å². The van der Waals surface area contributed by atoms with Gasteiger partial charge in [0, 0.05) is 22.5 Å². The Morgan fingerprint density at radius 2 is 1.95 bits per heavy atom. The van der Waals surface area contributed by atoms with E-state index in [-0.39, 0.29) is 0 Å². The van der Waals surface area contributed by atoms with E-state index in [9.17, 15) is 0 Å². The van der Waals surface area contributed by atoms with E-state index < -0.39 is 0 Å². The Hall–Kier alpha value is -2.09. The van der Waals surface area contributed by atoms with Crippen molar-refractivity contribution in [2.75, 3.05) is 0 Å². The number of pyridine rings is 1. The summed E-state index contributed by atoms with van der Waals surface area (Å²) in [5, 5.41) is 2.57. The molecule has 19 heavy (non-hydrogen) atoms. The van der Waals surface area contributed by atoms with Crippen molar-refractivity contribution < 1.29 is 0 Å². The summed E-state index contributed by atoms with van der Waals surface area (Å²) in [5.74, 6) is 0. The van der Waals surface area contributed by atoms with Crippen LogP contribution in [0.5, 0.6) is 0 Å². The summed E-state index contributed by atoms with van der Waals surface area (Å²) in [7, 11) is 0. The number of nitrogens with one attached hydrogen (secondary N) is 1. The summed E-state index contributed by atoms with van der Waals surface area (Å²) >= 11 is 0. The number of hydrogen-bond donors (Lipinski definition) is 1. The van der Waals surface area contributed by atoms with Crippen molar-refractivity contribution in [2.24, 2.45) is 0 Å². The lowest BCUT2D eigenvalue weighted by atomic mass is 9.96. The van der Waals surface area contributed by atoms with Crippen molar-refractivity contribution in [2.45, 2.75) is 25.7 Å². The minimum atomic E-state index is 1.15. The first-order chi connectivity index (χ1) is 9.43. The lowest BCUT2D eigenvalue weighted by Crippen LogP contribution is -1.95. The smallest absolute Gasteiger partial charge is 0.0899 e. The zero-order valence-corrected chi connectivity index (χ0v) is 10.8.